The Morgan fingerprint density at radius 2 is 2.13 bits per heavy atom. The van der Waals surface area contributed by atoms with E-state index in [9.17, 15) is 4.79 Å². The van der Waals surface area contributed by atoms with Crippen LogP contribution >= 0.6 is 0 Å². The fourth-order valence-corrected chi connectivity index (χ4v) is 1.53. The van der Waals surface area contributed by atoms with Crippen LogP contribution in [-0.4, -0.2) is 32.0 Å². The zero-order valence-corrected chi connectivity index (χ0v) is 9.23. The van der Waals surface area contributed by atoms with Gasteiger partial charge in [0.05, 0.1) is 7.11 Å². The molecular formula is C11H16N2O2. The van der Waals surface area contributed by atoms with Gasteiger partial charge in [-0.2, -0.15) is 0 Å². The van der Waals surface area contributed by atoms with E-state index in [0.29, 0.717) is 0 Å². The van der Waals surface area contributed by atoms with Crippen LogP contribution < -0.4 is 10.5 Å². The average molecular weight is 208 g/mol. The van der Waals surface area contributed by atoms with E-state index in [1.54, 1.807) is 12.0 Å². The summed E-state index contributed by atoms with van der Waals surface area (Å²) in [6, 6.07) is 6.93. The van der Waals surface area contributed by atoms with Crippen molar-refractivity contribution in [2.24, 2.45) is 5.73 Å². The highest BCUT2D eigenvalue weighted by Crippen LogP contribution is 2.21. The van der Waals surface area contributed by atoms with E-state index in [4.69, 9.17) is 10.5 Å². The first-order valence-electron chi connectivity index (χ1n) is 4.66. The number of hydrogen-bond acceptors (Lipinski definition) is 3. The molecule has 2 N–H and O–H groups in total. The Morgan fingerprint density at radius 1 is 1.47 bits per heavy atom. The van der Waals surface area contributed by atoms with Gasteiger partial charge in [-0.05, 0) is 31.8 Å². The van der Waals surface area contributed by atoms with Gasteiger partial charge in [0, 0.05) is 0 Å². The molecule has 82 valence electrons. The molecule has 0 unspecified atom stereocenters. The fraction of sp³-hybridized carbons (Fsp3) is 0.364. The van der Waals surface area contributed by atoms with Crippen LogP contribution in [0.5, 0.6) is 5.75 Å². The first-order chi connectivity index (χ1) is 7.06. The molecule has 0 aromatic heterocycles. The normalized spacial score (nSPS) is 12.5. The highest BCUT2D eigenvalue weighted by molar-refractivity contribution is 5.81. The van der Waals surface area contributed by atoms with Crippen molar-refractivity contribution in [2.45, 2.75) is 6.04 Å². The summed E-state index contributed by atoms with van der Waals surface area (Å²) in [5.41, 5.74) is 6.18. The molecule has 0 saturated heterocycles. The molecule has 1 amide bonds. The van der Waals surface area contributed by atoms with Crippen LogP contribution in [0.3, 0.4) is 0 Å². The first kappa shape index (κ1) is 11.5. The zero-order valence-electron chi connectivity index (χ0n) is 9.23. The molecule has 1 aromatic carbocycles. The Kier molecular flexibility index (Phi) is 3.68. The fourth-order valence-electron chi connectivity index (χ4n) is 1.53. The summed E-state index contributed by atoms with van der Waals surface area (Å²) in [5, 5.41) is 0. The number of primary amides is 1. The number of nitrogens with zero attached hydrogens (tertiary/aromatic N) is 1. The van der Waals surface area contributed by atoms with E-state index < -0.39 is 6.04 Å². The maximum absolute atomic E-state index is 11.3. The Morgan fingerprint density at radius 3 is 2.60 bits per heavy atom. The van der Waals surface area contributed by atoms with Crippen molar-refractivity contribution in [1.82, 2.24) is 4.90 Å². The molecule has 0 heterocycles. The van der Waals surface area contributed by atoms with Gasteiger partial charge in [0.2, 0.25) is 5.91 Å². The number of amides is 1. The molecule has 1 aromatic rings. The highest BCUT2D eigenvalue weighted by Gasteiger charge is 2.20. The van der Waals surface area contributed by atoms with Crippen LogP contribution in [0, 0.1) is 0 Å². The SMILES string of the molecule is COc1cccc([C@H](C(N)=O)N(C)C)c1. The second-order valence-electron chi connectivity index (χ2n) is 3.55. The first-order valence-corrected chi connectivity index (χ1v) is 4.66. The van der Waals surface area contributed by atoms with E-state index in [1.165, 1.54) is 0 Å². The molecule has 0 aliphatic heterocycles. The van der Waals surface area contributed by atoms with Gasteiger partial charge in [-0.15, -0.1) is 0 Å². The average Bonchev–Trinajstić information content (AvgIpc) is 2.17. The van der Waals surface area contributed by atoms with Gasteiger partial charge >= 0.3 is 0 Å². The van der Waals surface area contributed by atoms with Gasteiger partial charge in [-0.3, -0.25) is 9.69 Å². The van der Waals surface area contributed by atoms with Crippen LogP contribution in [0.4, 0.5) is 0 Å². The topological polar surface area (TPSA) is 55.6 Å². The Balaban J connectivity index is 3.05. The summed E-state index contributed by atoms with van der Waals surface area (Å²) < 4.78 is 5.09. The molecule has 0 aliphatic carbocycles. The molecule has 0 saturated carbocycles. The van der Waals surface area contributed by atoms with Crippen molar-refractivity contribution in [1.29, 1.82) is 0 Å². The number of benzene rings is 1. The molecule has 0 aliphatic rings. The lowest BCUT2D eigenvalue weighted by atomic mass is 10.1. The van der Waals surface area contributed by atoms with Crippen LogP contribution in [0.25, 0.3) is 0 Å². The maximum Gasteiger partial charge on any atom is 0.239 e. The molecule has 0 fully saturated rings. The Bertz CT molecular complexity index is 350. The second kappa shape index (κ2) is 4.79. The van der Waals surface area contributed by atoms with Crippen LogP contribution in [0.15, 0.2) is 24.3 Å². The third kappa shape index (κ3) is 2.70. The number of nitrogens with two attached hydrogens (primary N) is 1. The third-order valence-corrected chi connectivity index (χ3v) is 2.20. The van der Waals surface area contributed by atoms with E-state index >= 15 is 0 Å². The smallest absolute Gasteiger partial charge is 0.239 e. The lowest BCUT2D eigenvalue weighted by Crippen LogP contribution is -2.32. The molecule has 4 heteroatoms. The highest BCUT2D eigenvalue weighted by atomic mass is 16.5. The maximum atomic E-state index is 11.3. The number of ether oxygens (including phenoxy) is 1. The monoisotopic (exact) mass is 208 g/mol. The lowest BCUT2D eigenvalue weighted by molar-refractivity contribution is -0.122. The Labute approximate surface area is 89.6 Å². The van der Waals surface area contributed by atoms with Gasteiger partial charge < -0.3 is 10.5 Å². The largest absolute Gasteiger partial charge is 0.497 e. The standard InChI is InChI=1S/C11H16N2O2/c1-13(2)10(11(12)14)8-5-4-6-9(7-8)15-3/h4-7,10H,1-3H3,(H2,12,14)/t10-/m1/s1. The molecule has 15 heavy (non-hydrogen) atoms. The van der Waals surface area contributed by atoms with E-state index in [-0.39, 0.29) is 5.91 Å². The van der Waals surface area contributed by atoms with Crippen LogP contribution in [-0.2, 0) is 4.79 Å². The molecular weight excluding hydrogens is 192 g/mol. The molecule has 1 rings (SSSR count). The second-order valence-corrected chi connectivity index (χ2v) is 3.55. The number of rotatable bonds is 4. The van der Waals surface area contributed by atoms with Gasteiger partial charge in [0.25, 0.3) is 0 Å². The lowest BCUT2D eigenvalue weighted by Gasteiger charge is -2.21. The van der Waals surface area contributed by atoms with Gasteiger partial charge in [-0.25, -0.2) is 0 Å². The number of likely N-dealkylation sites (N-methyl/N-ethyl adjacent to an activating group) is 1. The molecule has 0 bridgehead atoms. The van der Waals surface area contributed by atoms with Crippen molar-refractivity contribution in [3.05, 3.63) is 29.8 Å². The van der Waals surface area contributed by atoms with Crippen molar-refractivity contribution in [3.8, 4) is 5.75 Å². The van der Waals surface area contributed by atoms with Crippen LogP contribution in [0.2, 0.25) is 0 Å². The third-order valence-electron chi connectivity index (χ3n) is 2.20. The number of carbonyl (C=O) groups excluding carboxylic acids is 1. The summed E-state index contributed by atoms with van der Waals surface area (Å²) in [7, 11) is 5.22. The molecule has 0 spiro atoms. The van der Waals surface area contributed by atoms with Gasteiger partial charge in [-0.1, -0.05) is 12.1 Å². The van der Waals surface area contributed by atoms with E-state index in [0.717, 1.165) is 11.3 Å². The van der Waals surface area contributed by atoms with Gasteiger partial charge in [0.15, 0.2) is 0 Å². The van der Waals surface area contributed by atoms with Crippen molar-refractivity contribution in [2.75, 3.05) is 21.2 Å². The van der Waals surface area contributed by atoms with Crippen molar-refractivity contribution in [3.63, 3.8) is 0 Å². The molecule has 0 radical (unpaired) electrons. The summed E-state index contributed by atoms with van der Waals surface area (Å²) in [6.45, 7) is 0. The zero-order chi connectivity index (χ0) is 11.4. The number of hydrogen-bond donors (Lipinski definition) is 1. The minimum Gasteiger partial charge on any atom is -0.497 e. The van der Waals surface area contributed by atoms with E-state index in [2.05, 4.69) is 0 Å². The molecule has 1 atom stereocenters. The summed E-state index contributed by atoms with van der Waals surface area (Å²) in [4.78, 5) is 13.1. The van der Waals surface area contributed by atoms with Crippen molar-refractivity contribution >= 4 is 5.91 Å². The summed E-state index contributed by atoms with van der Waals surface area (Å²) in [5.74, 6) is 0.355. The molecule has 4 nitrogen and oxygen atoms in total. The predicted octanol–water partition coefficient (Wildman–Crippen LogP) is 0.783. The van der Waals surface area contributed by atoms with Crippen LogP contribution in [0.1, 0.15) is 11.6 Å². The number of methoxy groups -OCH3 is 1. The quantitative estimate of drug-likeness (QED) is 0.795. The van der Waals surface area contributed by atoms with Gasteiger partial charge in [0.1, 0.15) is 11.8 Å². The Hall–Kier alpha value is -1.55. The minimum absolute atomic E-state index is 0.367. The summed E-state index contributed by atoms with van der Waals surface area (Å²) in [6.07, 6.45) is 0. The predicted molar refractivity (Wildman–Crippen MR) is 58.6 cm³/mol. The summed E-state index contributed by atoms with van der Waals surface area (Å²) >= 11 is 0. The minimum atomic E-state index is -0.417. The number of carbonyl (C=O) groups is 1. The van der Waals surface area contributed by atoms with E-state index in [1.807, 2.05) is 38.4 Å². The van der Waals surface area contributed by atoms with Crippen molar-refractivity contribution < 1.29 is 9.53 Å².